The Balaban J connectivity index is 2.50. The Morgan fingerprint density at radius 1 is 1.32 bits per heavy atom. The quantitative estimate of drug-likeness (QED) is 0.541. The third kappa shape index (κ3) is 7.88. The number of benzene rings is 1. The lowest BCUT2D eigenvalue weighted by molar-refractivity contribution is 0.259. The van der Waals surface area contributed by atoms with Gasteiger partial charge in [0.05, 0.1) is 6.54 Å². The van der Waals surface area contributed by atoms with Gasteiger partial charge in [-0.05, 0) is 32.5 Å². The number of aliphatic imine (C=N–C) groups is 1. The summed E-state index contributed by atoms with van der Waals surface area (Å²) in [6, 6.07) is 7.97. The molecule has 5 nitrogen and oxygen atoms in total. The van der Waals surface area contributed by atoms with Gasteiger partial charge in [0.25, 0.3) is 0 Å². The predicted molar refractivity (Wildman–Crippen MR) is 93.3 cm³/mol. The van der Waals surface area contributed by atoms with Crippen molar-refractivity contribution in [3.63, 3.8) is 0 Å². The van der Waals surface area contributed by atoms with Crippen LogP contribution >= 0.6 is 0 Å². The van der Waals surface area contributed by atoms with E-state index in [4.69, 9.17) is 10.5 Å². The molecular formula is C17H30N4O. The summed E-state index contributed by atoms with van der Waals surface area (Å²) in [6.45, 7) is 7.31. The summed E-state index contributed by atoms with van der Waals surface area (Å²) in [6.07, 6.45) is 1.08. The van der Waals surface area contributed by atoms with E-state index in [9.17, 15) is 0 Å². The highest BCUT2D eigenvalue weighted by Gasteiger charge is 2.03. The number of guanidine groups is 1. The van der Waals surface area contributed by atoms with Gasteiger partial charge in [0.2, 0.25) is 0 Å². The molecule has 1 aromatic rings. The van der Waals surface area contributed by atoms with Gasteiger partial charge >= 0.3 is 0 Å². The third-order valence-electron chi connectivity index (χ3n) is 3.22. The van der Waals surface area contributed by atoms with Crippen molar-refractivity contribution in [1.29, 1.82) is 0 Å². The second-order valence-electron chi connectivity index (χ2n) is 6.07. The maximum Gasteiger partial charge on any atom is 0.188 e. The average Bonchev–Trinajstić information content (AvgIpc) is 2.45. The van der Waals surface area contributed by atoms with Gasteiger partial charge in [-0.1, -0.05) is 32.0 Å². The lowest BCUT2D eigenvalue weighted by Crippen LogP contribution is -2.32. The largest absolute Gasteiger partial charge is 0.492 e. The molecule has 124 valence electrons. The van der Waals surface area contributed by atoms with E-state index < -0.39 is 0 Å². The number of ether oxygens (including phenoxy) is 1. The molecule has 0 saturated carbocycles. The summed E-state index contributed by atoms with van der Waals surface area (Å²) in [7, 11) is 4.06. The van der Waals surface area contributed by atoms with Crippen LogP contribution in [0.3, 0.4) is 0 Å². The van der Waals surface area contributed by atoms with Gasteiger partial charge in [-0.2, -0.15) is 0 Å². The average molecular weight is 306 g/mol. The lowest BCUT2D eigenvalue weighted by atomic mass is 10.1. The molecule has 3 N–H and O–H groups in total. The lowest BCUT2D eigenvalue weighted by Gasteiger charge is -2.13. The molecule has 0 unspecified atom stereocenters. The van der Waals surface area contributed by atoms with E-state index >= 15 is 0 Å². The molecule has 0 aliphatic heterocycles. The molecule has 0 atom stereocenters. The van der Waals surface area contributed by atoms with E-state index in [1.807, 2.05) is 38.4 Å². The zero-order valence-electron chi connectivity index (χ0n) is 14.3. The monoisotopic (exact) mass is 306 g/mol. The molecule has 0 saturated heterocycles. The first kappa shape index (κ1) is 18.3. The fraction of sp³-hybridized carbons (Fsp3) is 0.588. The number of likely N-dealkylation sites (N-methyl/N-ethyl adjacent to an activating group) is 1. The highest BCUT2D eigenvalue weighted by Crippen LogP contribution is 2.18. The molecule has 0 aliphatic carbocycles. The predicted octanol–water partition coefficient (Wildman–Crippen LogP) is 2.08. The van der Waals surface area contributed by atoms with Gasteiger partial charge in [0.1, 0.15) is 12.4 Å². The van der Waals surface area contributed by atoms with Crippen LogP contribution in [0.5, 0.6) is 5.75 Å². The van der Waals surface area contributed by atoms with Crippen LogP contribution < -0.4 is 15.8 Å². The van der Waals surface area contributed by atoms with Crippen molar-refractivity contribution in [3.05, 3.63) is 29.8 Å². The Morgan fingerprint density at radius 2 is 2.05 bits per heavy atom. The molecule has 1 aromatic carbocycles. The summed E-state index contributed by atoms with van der Waals surface area (Å²) in [5.74, 6) is 2.03. The Hall–Kier alpha value is -1.75. The minimum Gasteiger partial charge on any atom is -0.492 e. The van der Waals surface area contributed by atoms with Crippen molar-refractivity contribution < 1.29 is 4.74 Å². The highest BCUT2D eigenvalue weighted by molar-refractivity contribution is 5.77. The minimum absolute atomic E-state index is 0.490. The molecule has 0 aromatic heterocycles. The van der Waals surface area contributed by atoms with Crippen molar-refractivity contribution in [1.82, 2.24) is 10.2 Å². The smallest absolute Gasteiger partial charge is 0.188 e. The minimum atomic E-state index is 0.490. The Morgan fingerprint density at radius 3 is 2.73 bits per heavy atom. The van der Waals surface area contributed by atoms with E-state index in [0.29, 0.717) is 25.0 Å². The number of hydrogen-bond donors (Lipinski definition) is 2. The van der Waals surface area contributed by atoms with E-state index in [-0.39, 0.29) is 0 Å². The molecule has 0 fully saturated rings. The van der Waals surface area contributed by atoms with E-state index in [1.165, 1.54) is 0 Å². The molecule has 22 heavy (non-hydrogen) atoms. The number of nitrogens with two attached hydrogens (primary N) is 1. The van der Waals surface area contributed by atoms with Crippen molar-refractivity contribution in [3.8, 4) is 5.75 Å². The van der Waals surface area contributed by atoms with E-state index in [2.05, 4.69) is 29.1 Å². The van der Waals surface area contributed by atoms with Crippen molar-refractivity contribution >= 4 is 5.96 Å². The molecule has 5 heteroatoms. The molecular weight excluding hydrogens is 276 g/mol. The number of nitrogens with zero attached hydrogens (tertiary/aromatic N) is 2. The topological polar surface area (TPSA) is 62.9 Å². The van der Waals surface area contributed by atoms with Gasteiger partial charge in [-0.3, -0.25) is 0 Å². The van der Waals surface area contributed by atoms with Crippen LogP contribution in [0.25, 0.3) is 0 Å². The zero-order valence-corrected chi connectivity index (χ0v) is 14.3. The van der Waals surface area contributed by atoms with Gasteiger partial charge in [-0.15, -0.1) is 0 Å². The maximum atomic E-state index is 5.89. The normalized spacial score (nSPS) is 12.0. The summed E-state index contributed by atoms with van der Waals surface area (Å²) in [5.41, 5.74) is 6.94. The van der Waals surface area contributed by atoms with E-state index in [1.54, 1.807) is 0 Å². The highest BCUT2D eigenvalue weighted by atomic mass is 16.5. The molecule has 1 rings (SSSR count). The van der Waals surface area contributed by atoms with Gasteiger partial charge in [-0.25, -0.2) is 4.99 Å². The summed E-state index contributed by atoms with van der Waals surface area (Å²) < 4.78 is 5.82. The standard InChI is InChI=1S/C17H30N4O/c1-14(2)9-10-19-17(18)20-13-15-7-5-6-8-16(15)22-12-11-21(3)4/h5-8,14H,9-13H2,1-4H3,(H3,18,19,20). The van der Waals surface area contributed by atoms with E-state index in [0.717, 1.165) is 30.8 Å². The van der Waals surface area contributed by atoms with Crippen LogP contribution in [0.1, 0.15) is 25.8 Å². The van der Waals surface area contributed by atoms with Crippen LogP contribution in [0.4, 0.5) is 0 Å². The van der Waals surface area contributed by atoms with Crippen LogP contribution in [0.15, 0.2) is 29.3 Å². The third-order valence-corrected chi connectivity index (χ3v) is 3.22. The first-order chi connectivity index (χ1) is 10.5. The van der Waals surface area contributed by atoms with Crippen molar-refractivity contribution in [2.24, 2.45) is 16.6 Å². The summed E-state index contributed by atoms with van der Waals surface area (Å²) in [4.78, 5) is 6.48. The Bertz CT molecular complexity index is 458. The van der Waals surface area contributed by atoms with Crippen molar-refractivity contribution in [2.75, 3.05) is 33.8 Å². The summed E-state index contributed by atoms with van der Waals surface area (Å²) in [5, 5.41) is 3.14. The molecule has 0 bridgehead atoms. The number of nitrogens with one attached hydrogen (secondary N) is 1. The molecule has 0 aliphatic rings. The van der Waals surface area contributed by atoms with Gasteiger partial charge < -0.3 is 20.7 Å². The molecule has 0 spiro atoms. The first-order valence-electron chi connectivity index (χ1n) is 7.88. The second kappa shape index (κ2) is 10.1. The van der Waals surface area contributed by atoms with Crippen LogP contribution in [-0.2, 0) is 6.54 Å². The maximum absolute atomic E-state index is 5.89. The molecule has 0 amide bonds. The Labute approximate surface area is 134 Å². The Kier molecular flexibility index (Phi) is 8.36. The van der Waals surface area contributed by atoms with Crippen molar-refractivity contribution in [2.45, 2.75) is 26.8 Å². The fourth-order valence-corrected chi connectivity index (χ4v) is 1.83. The van der Waals surface area contributed by atoms with Crippen LogP contribution in [-0.4, -0.2) is 44.7 Å². The number of hydrogen-bond acceptors (Lipinski definition) is 3. The number of rotatable bonds is 9. The molecule has 0 radical (unpaired) electrons. The first-order valence-corrected chi connectivity index (χ1v) is 7.88. The van der Waals surface area contributed by atoms with Gasteiger partial charge in [0, 0.05) is 18.7 Å². The van der Waals surface area contributed by atoms with Crippen LogP contribution in [0, 0.1) is 5.92 Å². The number of para-hydroxylation sites is 1. The zero-order chi connectivity index (χ0) is 16.4. The fourth-order valence-electron chi connectivity index (χ4n) is 1.83. The van der Waals surface area contributed by atoms with Crippen LogP contribution in [0.2, 0.25) is 0 Å². The molecule has 0 heterocycles. The summed E-state index contributed by atoms with van der Waals surface area (Å²) >= 11 is 0. The second-order valence-corrected chi connectivity index (χ2v) is 6.07. The van der Waals surface area contributed by atoms with Gasteiger partial charge in [0.15, 0.2) is 5.96 Å². The SMILES string of the molecule is CC(C)CCNC(N)=NCc1ccccc1OCCN(C)C.